The minimum Gasteiger partial charge on any atom is -0.477 e. The van der Waals surface area contributed by atoms with E-state index < -0.39 is 11.7 Å². The average Bonchev–Trinajstić information content (AvgIpc) is 2.99. The van der Waals surface area contributed by atoms with Gasteiger partial charge in [0.15, 0.2) is 11.5 Å². The van der Waals surface area contributed by atoms with Crippen LogP contribution in [-0.2, 0) is 0 Å². The fourth-order valence-electron chi connectivity index (χ4n) is 4.74. The van der Waals surface area contributed by atoms with E-state index in [4.69, 9.17) is 4.74 Å². The van der Waals surface area contributed by atoms with Gasteiger partial charge in [0.25, 0.3) is 5.91 Å². The molecule has 180 valence electrons. The van der Waals surface area contributed by atoms with Crippen molar-refractivity contribution in [2.75, 3.05) is 43.0 Å². The van der Waals surface area contributed by atoms with Gasteiger partial charge in [0.05, 0.1) is 18.0 Å². The van der Waals surface area contributed by atoms with Crippen LogP contribution in [0, 0.1) is 24.6 Å². The summed E-state index contributed by atoms with van der Waals surface area (Å²) >= 11 is 0. The Balaban J connectivity index is 1.37. The molecule has 0 bridgehead atoms. The maximum Gasteiger partial charge on any atom is 0.262 e. The highest BCUT2D eigenvalue weighted by Gasteiger charge is 2.31. The summed E-state index contributed by atoms with van der Waals surface area (Å²) in [6.45, 7) is 7.95. The third-order valence-electron chi connectivity index (χ3n) is 6.62. The van der Waals surface area contributed by atoms with Crippen LogP contribution in [0.4, 0.5) is 16.0 Å². The molecule has 9 nitrogen and oxygen atoms in total. The lowest BCUT2D eigenvalue weighted by molar-refractivity contribution is 0.102. The molecule has 34 heavy (non-hydrogen) atoms. The van der Waals surface area contributed by atoms with Crippen LogP contribution in [0.25, 0.3) is 5.65 Å². The third kappa shape index (κ3) is 4.54. The summed E-state index contributed by atoms with van der Waals surface area (Å²) in [5.41, 5.74) is 1.42. The summed E-state index contributed by atoms with van der Waals surface area (Å²) in [7, 11) is 0. The number of amides is 1. The number of hydrogen-bond acceptors (Lipinski definition) is 7. The van der Waals surface area contributed by atoms with Crippen LogP contribution in [0.5, 0.6) is 5.88 Å². The molecule has 3 aromatic rings. The number of halogens is 1. The fraction of sp³-hybridized carbons (Fsp3) is 0.500. The Kier molecular flexibility index (Phi) is 6.32. The molecule has 0 radical (unpaired) electrons. The molecule has 1 unspecified atom stereocenters. The van der Waals surface area contributed by atoms with Crippen LogP contribution >= 0.6 is 0 Å². The van der Waals surface area contributed by atoms with Gasteiger partial charge in [-0.25, -0.2) is 14.4 Å². The molecule has 2 fully saturated rings. The lowest BCUT2D eigenvalue weighted by Crippen LogP contribution is -2.48. The number of anilines is 2. The number of aromatic nitrogens is 4. The van der Waals surface area contributed by atoms with Crippen molar-refractivity contribution in [2.24, 2.45) is 11.8 Å². The van der Waals surface area contributed by atoms with Crippen molar-refractivity contribution in [1.82, 2.24) is 24.7 Å². The molecule has 0 aliphatic carbocycles. The lowest BCUT2D eigenvalue weighted by atomic mass is 9.84. The van der Waals surface area contributed by atoms with Gasteiger partial charge in [0.1, 0.15) is 5.56 Å². The van der Waals surface area contributed by atoms with Gasteiger partial charge in [-0.2, -0.15) is 4.98 Å². The molecule has 2 aliphatic rings. The van der Waals surface area contributed by atoms with E-state index in [1.165, 1.54) is 25.1 Å². The van der Waals surface area contributed by atoms with Gasteiger partial charge in [-0.3, -0.25) is 4.79 Å². The van der Waals surface area contributed by atoms with Gasteiger partial charge in [-0.15, -0.1) is 0 Å². The molecule has 0 saturated carbocycles. The van der Waals surface area contributed by atoms with E-state index >= 15 is 0 Å². The maximum atomic E-state index is 14.4. The summed E-state index contributed by atoms with van der Waals surface area (Å²) in [6.07, 6.45) is 8.34. The number of rotatable bonds is 6. The second-order valence-electron chi connectivity index (χ2n) is 9.09. The van der Waals surface area contributed by atoms with Crippen molar-refractivity contribution >= 4 is 23.2 Å². The number of nitrogens with one attached hydrogen (secondary N) is 2. The zero-order valence-corrected chi connectivity index (χ0v) is 19.6. The summed E-state index contributed by atoms with van der Waals surface area (Å²) in [4.78, 5) is 28.6. The first-order chi connectivity index (χ1) is 16.5. The number of ether oxygens (including phenoxy) is 1. The molecule has 1 amide bonds. The van der Waals surface area contributed by atoms with Crippen molar-refractivity contribution in [1.29, 1.82) is 0 Å². The predicted molar refractivity (Wildman–Crippen MR) is 127 cm³/mol. The smallest absolute Gasteiger partial charge is 0.262 e. The van der Waals surface area contributed by atoms with Crippen LogP contribution < -0.4 is 20.3 Å². The topological polar surface area (TPSA) is 96.7 Å². The number of pyridine rings is 1. The molecule has 2 N–H and O–H groups in total. The van der Waals surface area contributed by atoms with E-state index in [2.05, 4.69) is 30.5 Å². The molecular formula is C24H30FN7O2. The van der Waals surface area contributed by atoms with Crippen molar-refractivity contribution in [3.05, 3.63) is 41.7 Å². The molecule has 3 aromatic heterocycles. The Morgan fingerprint density at radius 1 is 1.26 bits per heavy atom. The molecule has 1 atom stereocenters. The van der Waals surface area contributed by atoms with E-state index in [0.717, 1.165) is 32.6 Å². The van der Waals surface area contributed by atoms with Crippen molar-refractivity contribution in [3.8, 4) is 5.88 Å². The number of carbonyl (C=O) groups is 1. The predicted octanol–water partition coefficient (Wildman–Crippen LogP) is 3.05. The van der Waals surface area contributed by atoms with Crippen LogP contribution in [0.1, 0.15) is 42.2 Å². The van der Waals surface area contributed by atoms with Crippen LogP contribution in [0.15, 0.2) is 24.7 Å². The zero-order valence-electron chi connectivity index (χ0n) is 19.6. The molecule has 0 aromatic carbocycles. The second kappa shape index (κ2) is 9.54. The first kappa shape index (κ1) is 22.5. The molecule has 0 spiro atoms. The summed E-state index contributed by atoms with van der Waals surface area (Å²) < 4.78 is 21.7. The number of nitrogens with zero attached hydrogens (tertiary/aromatic N) is 5. The first-order valence-corrected chi connectivity index (χ1v) is 11.9. The van der Waals surface area contributed by atoms with E-state index in [1.54, 1.807) is 23.7 Å². The number of carbonyl (C=O) groups excluding carboxylic acids is 1. The Morgan fingerprint density at radius 2 is 2.12 bits per heavy atom. The van der Waals surface area contributed by atoms with Gasteiger partial charge >= 0.3 is 0 Å². The number of imidazole rings is 1. The summed E-state index contributed by atoms with van der Waals surface area (Å²) in [6, 6.07) is 1.25. The minimum atomic E-state index is -0.514. The number of hydrogen-bond donors (Lipinski definition) is 2. The van der Waals surface area contributed by atoms with Gasteiger partial charge in [-0.05, 0) is 51.6 Å². The number of aryl methyl sites for hydroxylation is 1. The Morgan fingerprint density at radius 3 is 2.88 bits per heavy atom. The van der Waals surface area contributed by atoms with E-state index in [-0.39, 0.29) is 17.1 Å². The Labute approximate surface area is 197 Å². The highest BCUT2D eigenvalue weighted by Crippen LogP contribution is 2.29. The van der Waals surface area contributed by atoms with Crippen LogP contribution in [-0.4, -0.2) is 58.0 Å². The van der Waals surface area contributed by atoms with Gasteiger partial charge < -0.3 is 24.7 Å². The lowest BCUT2D eigenvalue weighted by Gasteiger charge is -2.36. The highest BCUT2D eigenvalue weighted by atomic mass is 19.1. The van der Waals surface area contributed by atoms with Crippen LogP contribution in [0.3, 0.4) is 0 Å². The molecular weight excluding hydrogens is 437 g/mol. The Hall–Kier alpha value is -3.27. The minimum absolute atomic E-state index is 0.211. The Bertz CT molecular complexity index is 1190. The van der Waals surface area contributed by atoms with E-state index in [9.17, 15) is 9.18 Å². The molecule has 5 heterocycles. The fourth-order valence-corrected chi connectivity index (χ4v) is 4.74. The van der Waals surface area contributed by atoms with Gasteiger partial charge in [-0.1, -0.05) is 6.42 Å². The second-order valence-corrected chi connectivity index (χ2v) is 9.09. The van der Waals surface area contributed by atoms with Gasteiger partial charge in [0.2, 0.25) is 11.8 Å². The van der Waals surface area contributed by atoms with Crippen LogP contribution in [0.2, 0.25) is 0 Å². The molecule has 2 aliphatic heterocycles. The summed E-state index contributed by atoms with van der Waals surface area (Å²) in [5, 5.41) is 6.11. The quantitative estimate of drug-likeness (QED) is 0.575. The molecule has 2 saturated heterocycles. The summed E-state index contributed by atoms with van der Waals surface area (Å²) in [5.74, 6) is 1.16. The first-order valence-electron chi connectivity index (χ1n) is 11.9. The van der Waals surface area contributed by atoms with Crippen molar-refractivity contribution in [2.45, 2.75) is 33.1 Å². The normalized spacial score (nSPS) is 19.0. The zero-order chi connectivity index (χ0) is 23.7. The highest BCUT2D eigenvalue weighted by molar-refractivity contribution is 6.05. The third-order valence-corrected chi connectivity index (χ3v) is 6.62. The standard InChI is InChI=1S/C24H30FN7O2/c1-3-34-23-19(22(33)29-18-8-20(25)21-28-15(2)12-32(21)14-18)11-27-24(30-23)31-7-5-4-6-16(13-31)17-9-26-10-17/h8,11-12,14,16-17,26H,3-7,9-10,13H2,1-2H3,(H,29,33). The monoisotopic (exact) mass is 467 g/mol. The SMILES string of the molecule is CCOc1nc(N2CCCCC(C3CNC3)C2)ncc1C(=O)Nc1cc(F)c2nc(C)cn2c1. The number of fused-ring (bicyclic) bond motifs is 1. The van der Waals surface area contributed by atoms with E-state index in [0.29, 0.717) is 35.8 Å². The largest absolute Gasteiger partial charge is 0.477 e. The molecule has 5 rings (SSSR count). The van der Waals surface area contributed by atoms with Gasteiger partial charge in [0, 0.05) is 37.7 Å². The van der Waals surface area contributed by atoms with Crippen molar-refractivity contribution in [3.63, 3.8) is 0 Å². The van der Waals surface area contributed by atoms with Crippen molar-refractivity contribution < 1.29 is 13.9 Å². The molecule has 10 heteroatoms. The maximum absolute atomic E-state index is 14.4. The van der Waals surface area contributed by atoms with E-state index in [1.807, 2.05) is 6.92 Å². The average molecular weight is 468 g/mol.